The molecule has 0 heterocycles. The van der Waals surface area contributed by atoms with Gasteiger partial charge in [0, 0.05) is 0 Å². The number of carbonyl (C=O) groups excluding carboxylic acids is 2. The molecule has 3 heteroatoms. The summed E-state index contributed by atoms with van der Waals surface area (Å²) < 4.78 is 4.52. The molecule has 0 rings (SSSR count). The van der Waals surface area contributed by atoms with Gasteiger partial charge in [-0.2, -0.15) is 0 Å². The smallest absolute Gasteiger partial charge is 0.319 e. The van der Waals surface area contributed by atoms with E-state index < -0.39 is 11.4 Å². The number of hydrogen-bond donors (Lipinski definition) is 0. The largest absolute Gasteiger partial charge is 0.468 e. The summed E-state index contributed by atoms with van der Waals surface area (Å²) in [5.41, 5.74) is -1.06. The summed E-state index contributed by atoms with van der Waals surface area (Å²) in [6.07, 6.45) is 1.85. The number of carbonyl (C=O) groups is 2. The van der Waals surface area contributed by atoms with Crippen LogP contribution in [-0.2, 0) is 14.3 Å². The number of hydrogen-bond acceptors (Lipinski definition) is 3. The molecule has 0 fully saturated rings. The first-order chi connectivity index (χ1) is 5.49. The molecule has 0 radical (unpaired) electrons. The molecule has 0 aromatic rings. The van der Waals surface area contributed by atoms with Crippen molar-refractivity contribution in [2.24, 2.45) is 5.41 Å². The van der Waals surface area contributed by atoms with E-state index in [1.165, 1.54) is 14.0 Å². The minimum Gasteiger partial charge on any atom is -0.468 e. The normalized spacial score (nSPS) is 14.6. The first kappa shape index (κ1) is 10.9. The van der Waals surface area contributed by atoms with Gasteiger partial charge < -0.3 is 4.74 Å². The van der Waals surface area contributed by atoms with E-state index in [-0.39, 0.29) is 5.78 Å². The van der Waals surface area contributed by atoms with Crippen LogP contribution in [0.15, 0.2) is 12.7 Å². The first-order valence-corrected chi connectivity index (χ1v) is 3.69. The van der Waals surface area contributed by atoms with Crippen LogP contribution in [0.2, 0.25) is 0 Å². The average molecular weight is 170 g/mol. The molecule has 12 heavy (non-hydrogen) atoms. The zero-order chi connectivity index (χ0) is 9.78. The number of ketones is 1. The second-order valence-corrected chi connectivity index (χ2v) is 2.87. The fourth-order valence-corrected chi connectivity index (χ4v) is 0.885. The van der Waals surface area contributed by atoms with E-state index >= 15 is 0 Å². The van der Waals surface area contributed by atoms with Gasteiger partial charge in [0.25, 0.3) is 0 Å². The molecule has 0 saturated carbocycles. The van der Waals surface area contributed by atoms with Gasteiger partial charge in [-0.05, 0) is 20.3 Å². The lowest BCUT2D eigenvalue weighted by Gasteiger charge is -2.21. The Morgan fingerprint density at radius 1 is 1.58 bits per heavy atom. The van der Waals surface area contributed by atoms with Gasteiger partial charge in [0.15, 0.2) is 0 Å². The van der Waals surface area contributed by atoms with Gasteiger partial charge in [-0.15, -0.1) is 6.58 Å². The number of methoxy groups -OCH3 is 1. The van der Waals surface area contributed by atoms with Crippen molar-refractivity contribution in [3.8, 4) is 0 Å². The quantitative estimate of drug-likeness (QED) is 0.363. The number of allylic oxidation sites excluding steroid dienone is 1. The summed E-state index contributed by atoms with van der Waals surface area (Å²) in [5, 5.41) is 0. The van der Waals surface area contributed by atoms with E-state index in [2.05, 4.69) is 11.3 Å². The van der Waals surface area contributed by atoms with Crippen molar-refractivity contribution in [3.63, 3.8) is 0 Å². The Balaban J connectivity index is 4.72. The molecule has 0 aromatic carbocycles. The lowest BCUT2D eigenvalue weighted by atomic mass is 9.83. The van der Waals surface area contributed by atoms with Crippen molar-refractivity contribution >= 4 is 11.8 Å². The summed E-state index contributed by atoms with van der Waals surface area (Å²) in [4.78, 5) is 22.3. The van der Waals surface area contributed by atoms with Crippen molar-refractivity contribution in [1.29, 1.82) is 0 Å². The zero-order valence-electron chi connectivity index (χ0n) is 7.72. The number of rotatable bonds is 4. The van der Waals surface area contributed by atoms with Gasteiger partial charge in [-0.3, -0.25) is 9.59 Å². The highest BCUT2D eigenvalue weighted by Crippen LogP contribution is 2.24. The fourth-order valence-electron chi connectivity index (χ4n) is 0.885. The molecule has 0 aliphatic heterocycles. The van der Waals surface area contributed by atoms with Crippen LogP contribution in [0.5, 0.6) is 0 Å². The summed E-state index contributed by atoms with van der Waals surface area (Å²) in [5.74, 6) is -0.704. The SMILES string of the molecule is C=CC[C@@](C)(C(C)=O)C(=O)OC. The van der Waals surface area contributed by atoms with E-state index in [4.69, 9.17) is 0 Å². The highest BCUT2D eigenvalue weighted by atomic mass is 16.5. The molecule has 0 spiro atoms. The Kier molecular flexibility index (Phi) is 3.67. The van der Waals surface area contributed by atoms with Crippen LogP contribution in [-0.4, -0.2) is 18.9 Å². The van der Waals surface area contributed by atoms with E-state index in [9.17, 15) is 9.59 Å². The molecule has 0 aromatic heterocycles. The predicted octanol–water partition coefficient (Wildman–Crippen LogP) is 1.33. The van der Waals surface area contributed by atoms with Gasteiger partial charge in [-0.25, -0.2) is 0 Å². The zero-order valence-corrected chi connectivity index (χ0v) is 7.72. The highest BCUT2D eigenvalue weighted by molar-refractivity contribution is 6.02. The van der Waals surface area contributed by atoms with Gasteiger partial charge in [-0.1, -0.05) is 6.08 Å². The van der Waals surface area contributed by atoms with Crippen LogP contribution >= 0.6 is 0 Å². The first-order valence-electron chi connectivity index (χ1n) is 3.69. The molecule has 68 valence electrons. The minimum atomic E-state index is -1.06. The van der Waals surface area contributed by atoms with E-state index in [1.54, 1.807) is 13.0 Å². The fraction of sp³-hybridized carbons (Fsp3) is 0.556. The van der Waals surface area contributed by atoms with E-state index in [0.29, 0.717) is 6.42 Å². The third-order valence-electron chi connectivity index (χ3n) is 1.97. The molecular weight excluding hydrogens is 156 g/mol. The topological polar surface area (TPSA) is 43.4 Å². The van der Waals surface area contributed by atoms with E-state index in [1.807, 2.05) is 0 Å². The molecule has 0 bridgehead atoms. The van der Waals surface area contributed by atoms with Crippen LogP contribution in [0.1, 0.15) is 20.3 Å². The van der Waals surface area contributed by atoms with Crippen LogP contribution < -0.4 is 0 Å². The molecule has 0 aliphatic rings. The van der Waals surface area contributed by atoms with Gasteiger partial charge >= 0.3 is 5.97 Å². The molecule has 1 atom stereocenters. The monoisotopic (exact) mass is 170 g/mol. The minimum absolute atomic E-state index is 0.200. The van der Waals surface area contributed by atoms with Crippen molar-refractivity contribution in [2.45, 2.75) is 20.3 Å². The van der Waals surface area contributed by atoms with Crippen molar-refractivity contribution in [1.82, 2.24) is 0 Å². The molecule has 0 N–H and O–H groups in total. The number of Topliss-reactive ketones (excluding diaryl/α,β-unsaturated/α-hetero) is 1. The maximum atomic E-state index is 11.2. The number of esters is 1. The van der Waals surface area contributed by atoms with Gasteiger partial charge in [0.2, 0.25) is 0 Å². The van der Waals surface area contributed by atoms with Crippen molar-refractivity contribution < 1.29 is 14.3 Å². The maximum Gasteiger partial charge on any atom is 0.319 e. The van der Waals surface area contributed by atoms with Gasteiger partial charge in [0.05, 0.1) is 7.11 Å². The van der Waals surface area contributed by atoms with Crippen molar-refractivity contribution in [2.75, 3.05) is 7.11 Å². The Bertz CT molecular complexity index is 208. The van der Waals surface area contributed by atoms with Crippen LogP contribution in [0, 0.1) is 5.41 Å². The molecule has 0 saturated heterocycles. The molecule has 0 amide bonds. The summed E-state index contributed by atoms with van der Waals surface area (Å²) in [7, 11) is 1.27. The average Bonchev–Trinajstić information content (AvgIpc) is 2.03. The third-order valence-corrected chi connectivity index (χ3v) is 1.97. The summed E-state index contributed by atoms with van der Waals surface area (Å²) >= 11 is 0. The van der Waals surface area contributed by atoms with Crippen LogP contribution in [0.25, 0.3) is 0 Å². The second-order valence-electron chi connectivity index (χ2n) is 2.87. The van der Waals surface area contributed by atoms with Gasteiger partial charge in [0.1, 0.15) is 11.2 Å². The third kappa shape index (κ3) is 1.94. The second kappa shape index (κ2) is 4.04. The molecular formula is C9H14O3. The molecule has 0 unspecified atom stereocenters. The Labute approximate surface area is 72.4 Å². The van der Waals surface area contributed by atoms with Crippen molar-refractivity contribution in [3.05, 3.63) is 12.7 Å². The summed E-state index contributed by atoms with van der Waals surface area (Å²) in [6.45, 7) is 6.42. The maximum absolute atomic E-state index is 11.2. The predicted molar refractivity (Wildman–Crippen MR) is 45.6 cm³/mol. The highest BCUT2D eigenvalue weighted by Gasteiger charge is 2.37. The lowest BCUT2D eigenvalue weighted by Crippen LogP contribution is -2.35. The lowest BCUT2D eigenvalue weighted by molar-refractivity contribution is -0.156. The standard InChI is InChI=1S/C9H14O3/c1-5-6-9(3,7(2)10)8(11)12-4/h5H,1,6H2,2-4H3/t9-/m0/s1. The summed E-state index contributed by atoms with van der Waals surface area (Å²) in [6, 6.07) is 0. The Morgan fingerprint density at radius 3 is 2.33 bits per heavy atom. The van der Waals surface area contributed by atoms with Crippen LogP contribution in [0.3, 0.4) is 0 Å². The molecule has 0 aliphatic carbocycles. The Hall–Kier alpha value is -1.12. The molecule has 3 nitrogen and oxygen atoms in total. The number of ether oxygens (including phenoxy) is 1. The van der Waals surface area contributed by atoms with Crippen LogP contribution in [0.4, 0.5) is 0 Å². The van der Waals surface area contributed by atoms with E-state index in [0.717, 1.165) is 0 Å². The Morgan fingerprint density at radius 2 is 2.08 bits per heavy atom.